The normalized spacial score (nSPS) is 21.5. The molecule has 22 heavy (non-hydrogen) atoms. The predicted molar refractivity (Wildman–Crippen MR) is 94.1 cm³/mol. The van der Waals surface area contributed by atoms with Gasteiger partial charge in [-0.05, 0) is 36.9 Å². The lowest BCUT2D eigenvalue weighted by Crippen LogP contribution is -2.46. The Hall–Kier alpha value is -1.32. The molecule has 1 aliphatic heterocycles. The molecule has 0 spiro atoms. The number of nitrogens with two attached hydrogens (primary N) is 1. The molecular formula is C19H29N3. The smallest absolute Gasteiger partial charge is 0.0456 e. The molecule has 2 heterocycles. The Morgan fingerprint density at radius 3 is 2.86 bits per heavy atom. The topological polar surface area (TPSA) is 45.0 Å². The van der Waals surface area contributed by atoms with E-state index in [0.717, 1.165) is 6.54 Å². The Morgan fingerprint density at radius 1 is 1.27 bits per heavy atom. The molecule has 3 nitrogen and oxygen atoms in total. The van der Waals surface area contributed by atoms with Gasteiger partial charge < -0.3 is 10.7 Å². The standard InChI is InChI=1S/C19H29N3/c1-14(2)13-22-10-6-5-9-19(22)16(11-20)17-12-21-18-8-4-3-7-15(17)18/h3-4,7-8,12,14,16,19,21H,5-6,9-11,13,20H2,1-2H3. The summed E-state index contributed by atoms with van der Waals surface area (Å²) in [5.74, 6) is 1.14. The van der Waals surface area contributed by atoms with E-state index < -0.39 is 0 Å². The summed E-state index contributed by atoms with van der Waals surface area (Å²) < 4.78 is 0. The number of rotatable bonds is 5. The molecule has 0 aliphatic carbocycles. The van der Waals surface area contributed by atoms with Crippen molar-refractivity contribution in [1.29, 1.82) is 0 Å². The largest absolute Gasteiger partial charge is 0.361 e. The number of aromatic amines is 1. The molecule has 1 saturated heterocycles. The first-order valence-electron chi connectivity index (χ1n) is 8.71. The first kappa shape index (κ1) is 15.6. The number of H-pyrrole nitrogens is 1. The van der Waals surface area contributed by atoms with Crippen LogP contribution in [0.1, 0.15) is 44.6 Å². The quantitative estimate of drug-likeness (QED) is 0.884. The SMILES string of the molecule is CC(C)CN1CCCCC1C(CN)c1c[nH]c2ccccc12. The minimum atomic E-state index is 0.426. The molecule has 3 rings (SSSR count). The van der Waals surface area contributed by atoms with Crippen LogP contribution in [-0.2, 0) is 0 Å². The molecule has 0 amide bonds. The fraction of sp³-hybridized carbons (Fsp3) is 0.579. The number of piperidine rings is 1. The van der Waals surface area contributed by atoms with Gasteiger partial charge in [-0.15, -0.1) is 0 Å². The lowest BCUT2D eigenvalue weighted by Gasteiger charge is -2.41. The second kappa shape index (κ2) is 6.84. The molecular weight excluding hydrogens is 270 g/mol. The molecule has 2 unspecified atom stereocenters. The van der Waals surface area contributed by atoms with Gasteiger partial charge in [-0.2, -0.15) is 0 Å². The number of benzene rings is 1. The van der Waals surface area contributed by atoms with E-state index >= 15 is 0 Å². The number of hydrogen-bond donors (Lipinski definition) is 2. The number of nitrogens with one attached hydrogen (secondary N) is 1. The first-order chi connectivity index (χ1) is 10.7. The zero-order valence-corrected chi connectivity index (χ0v) is 13.9. The van der Waals surface area contributed by atoms with Gasteiger partial charge in [0.1, 0.15) is 0 Å². The molecule has 0 bridgehead atoms. The van der Waals surface area contributed by atoms with Crippen molar-refractivity contribution in [2.75, 3.05) is 19.6 Å². The molecule has 1 aromatic heterocycles. The maximum absolute atomic E-state index is 6.24. The second-order valence-corrected chi connectivity index (χ2v) is 7.08. The van der Waals surface area contributed by atoms with Crippen LogP contribution in [0.15, 0.2) is 30.5 Å². The van der Waals surface area contributed by atoms with Crippen LogP contribution in [0.5, 0.6) is 0 Å². The van der Waals surface area contributed by atoms with Gasteiger partial charge in [0.15, 0.2) is 0 Å². The van der Waals surface area contributed by atoms with Crippen LogP contribution in [0.4, 0.5) is 0 Å². The summed E-state index contributed by atoms with van der Waals surface area (Å²) >= 11 is 0. The van der Waals surface area contributed by atoms with Crippen molar-refractivity contribution in [3.8, 4) is 0 Å². The zero-order chi connectivity index (χ0) is 15.5. The summed E-state index contributed by atoms with van der Waals surface area (Å²) in [4.78, 5) is 6.11. The molecule has 3 N–H and O–H groups in total. The van der Waals surface area contributed by atoms with Crippen molar-refractivity contribution in [1.82, 2.24) is 9.88 Å². The van der Waals surface area contributed by atoms with E-state index in [1.54, 1.807) is 0 Å². The third-order valence-electron chi connectivity index (χ3n) is 5.00. The number of fused-ring (bicyclic) bond motifs is 1. The van der Waals surface area contributed by atoms with Gasteiger partial charge in [-0.1, -0.05) is 38.5 Å². The fourth-order valence-electron chi connectivity index (χ4n) is 4.06. The van der Waals surface area contributed by atoms with E-state index in [4.69, 9.17) is 5.73 Å². The average Bonchev–Trinajstić information content (AvgIpc) is 2.93. The Morgan fingerprint density at radius 2 is 2.09 bits per heavy atom. The van der Waals surface area contributed by atoms with Gasteiger partial charge in [0.05, 0.1) is 0 Å². The summed E-state index contributed by atoms with van der Waals surface area (Å²) in [5.41, 5.74) is 8.86. The van der Waals surface area contributed by atoms with Crippen LogP contribution >= 0.6 is 0 Å². The summed E-state index contributed by atoms with van der Waals surface area (Å²) in [6.45, 7) is 7.76. The maximum atomic E-state index is 6.24. The molecule has 1 aliphatic rings. The van der Waals surface area contributed by atoms with Crippen molar-refractivity contribution < 1.29 is 0 Å². The monoisotopic (exact) mass is 299 g/mol. The van der Waals surface area contributed by atoms with Gasteiger partial charge >= 0.3 is 0 Å². The number of nitrogens with zero attached hydrogens (tertiary/aromatic N) is 1. The van der Waals surface area contributed by atoms with Crippen LogP contribution in [0.3, 0.4) is 0 Å². The Balaban J connectivity index is 1.91. The third-order valence-corrected chi connectivity index (χ3v) is 5.00. The van der Waals surface area contributed by atoms with Gasteiger partial charge in [0.25, 0.3) is 0 Å². The van der Waals surface area contributed by atoms with Gasteiger partial charge in [-0.3, -0.25) is 4.90 Å². The molecule has 1 aromatic carbocycles. The van der Waals surface area contributed by atoms with E-state index in [1.165, 1.54) is 48.8 Å². The van der Waals surface area contributed by atoms with E-state index in [-0.39, 0.29) is 0 Å². The number of para-hydroxylation sites is 1. The van der Waals surface area contributed by atoms with Crippen LogP contribution in [0.25, 0.3) is 10.9 Å². The zero-order valence-electron chi connectivity index (χ0n) is 13.9. The first-order valence-corrected chi connectivity index (χ1v) is 8.71. The highest BCUT2D eigenvalue weighted by molar-refractivity contribution is 5.83. The van der Waals surface area contributed by atoms with E-state index in [1.807, 2.05) is 0 Å². The van der Waals surface area contributed by atoms with Crippen LogP contribution < -0.4 is 5.73 Å². The third kappa shape index (κ3) is 3.06. The van der Waals surface area contributed by atoms with Gasteiger partial charge in [0.2, 0.25) is 0 Å². The Bertz CT molecular complexity index is 602. The Kier molecular flexibility index (Phi) is 4.84. The van der Waals surface area contributed by atoms with Crippen LogP contribution in [0.2, 0.25) is 0 Å². The highest BCUT2D eigenvalue weighted by atomic mass is 15.2. The minimum Gasteiger partial charge on any atom is -0.361 e. The van der Waals surface area contributed by atoms with Crippen molar-refractivity contribution in [2.45, 2.75) is 45.1 Å². The lowest BCUT2D eigenvalue weighted by atomic mass is 9.84. The number of hydrogen-bond acceptors (Lipinski definition) is 2. The molecule has 2 aromatic rings. The summed E-state index contributed by atoms with van der Waals surface area (Å²) in [5, 5.41) is 1.34. The molecule has 2 atom stereocenters. The summed E-state index contributed by atoms with van der Waals surface area (Å²) in [6, 6.07) is 9.17. The molecule has 0 saturated carbocycles. The number of aromatic nitrogens is 1. The number of likely N-dealkylation sites (tertiary alicyclic amines) is 1. The van der Waals surface area contributed by atoms with Crippen molar-refractivity contribution in [2.24, 2.45) is 11.7 Å². The van der Waals surface area contributed by atoms with E-state index in [0.29, 0.717) is 17.9 Å². The van der Waals surface area contributed by atoms with Crippen LogP contribution in [0, 0.1) is 5.92 Å². The second-order valence-electron chi connectivity index (χ2n) is 7.08. The maximum Gasteiger partial charge on any atom is 0.0456 e. The average molecular weight is 299 g/mol. The van der Waals surface area contributed by atoms with E-state index in [9.17, 15) is 0 Å². The highest BCUT2D eigenvalue weighted by Crippen LogP contribution is 2.34. The summed E-state index contributed by atoms with van der Waals surface area (Å²) in [7, 11) is 0. The summed E-state index contributed by atoms with van der Waals surface area (Å²) in [6.07, 6.45) is 6.12. The van der Waals surface area contributed by atoms with Crippen molar-refractivity contribution in [3.63, 3.8) is 0 Å². The minimum absolute atomic E-state index is 0.426. The van der Waals surface area contributed by atoms with Gasteiger partial charge in [-0.25, -0.2) is 0 Å². The van der Waals surface area contributed by atoms with Gasteiger partial charge in [0, 0.05) is 42.1 Å². The van der Waals surface area contributed by atoms with Crippen LogP contribution in [-0.4, -0.2) is 35.6 Å². The molecule has 120 valence electrons. The lowest BCUT2D eigenvalue weighted by molar-refractivity contribution is 0.113. The predicted octanol–water partition coefficient (Wildman–Crippen LogP) is 3.72. The van der Waals surface area contributed by atoms with E-state index in [2.05, 4.69) is 54.2 Å². The fourth-order valence-corrected chi connectivity index (χ4v) is 4.06. The Labute approximate surface area is 133 Å². The van der Waals surface area contributed by atoms with Crippen molar-refractivity contribution in [3.05, 3.63) is 36.0 Å². The molecule has 0 radical (unpaired) electrons. The molecule has 1 fully saturated rings. The molecule has 3 heteroatoms. The van der Waals surface area contributed by atoms with Crippen molar-refractivity contribution >= 4 is 10.9 Å². The highest BCUT2D eigenvalue weighted by Gasteiger charge is 2.31.